The van der Waals surface area contributed by atoms with Gasteiger partial charge in [-0.1, -0.05) is 6.92 Å². The lowest BCUT2D eigenvalue weighted by atomic mass is 10.3. The number of nitrogens with two attached hydrogens (primary N) is 1. The van der Waals surface area contributed by atoms with Crippen LogP contribution in [0.3, 0.4) is 0 Å². The van der Waals surface area contributed by atoms with Gasteiger partial charge in [0.1, 0.15) is 0 Å². The summed E-state index contributed by atoms with van der Waals surface area (Å²) < 4.78 is 0. The summed E-state index contributed by atoms with van der Waals surface area (Å²) in [7, 11) is 1.87. The summed E-state index contributed by atoms with van der Waals surface area (Å²) in [6.45, 7) is 4.64. The molecule has 0 saturated heterocycles. The largest absolute Gasteiger partial charge is 0.296 e. The van der Waals surface area contributed by atoms with Crippen LogP contribution < -0.4 is 11.3 Å². The molecule has 10 heavy (non-hydrogen) atoms. The molecule has 1 unspecified atom stereocenters. The summed E-state index contributed by atoms with van der Waals surface area (Å²) in [6, 6.07) is -0.144. The van der Waals surface area contributed by atoms with Crippen molar-refractivity contribution in [1.29, 1.82) is 0 Å². The fraction of sp³-hybridized carbons (Fsp3) is 0.833. The van der Waals surface area contributed by atoms with Crippen LogP contribution in [0.25, 0.3) is 0 Å². The van der Waals surface area contributed by atoms with Gasteiger partial charge in [-0.2, -0.15) is 0 Å². The van der Waals surface area contributed by atoms with E-state index >= 15 is 0 Å². The number of hydrogen-bond donors (Lipinski definition) is 2. The molecule has 0 aromatic heterocycles. The van der Waals surface area contributed by atoms with Crippen LogP contribution >= 0.6 is 0 Å². The number of nitrogens with zero attached hydrogens (tertiary/aromatic N) is 1. The quantitative estimate of drug-likeness (QED) is 0.314. The van der Waals surface area contributed by atoms with Crippen molar-refractivity contribution >= 4 is 5.91 Å². The maximum atomic E-state index is 10.8. The van der Waals surface area contributed by atoms with Gasteiger partial charge in [0.15, 0.2) is 0 Å². The molecule has 0 spiro atoms. The van der Waals surface area contributed by atoms with Crippen molar-refractivity contribution in [3.63, 3.8) is 0 Å². The normalized spacial score (nSPS) is 13.3. The van der Waals surface area contributed by atoms with Crippen LogP contribution in [0.15, 0.2) is 0 Å². The Kier molecular flexibility index (Phi) is 3.99. The zero-order valence-corrected chi connectivity index (χ0v) is 6.72. The third-order valence-electron chi connectivity index (χ3n) is 1.68. The van der Waals surface area contributed by atoms with Gasteiger partial charge in [-0.25, -0.2) is 5.84 Å². The van der Waals surface area contributed by atoms with E-state index in [-0.39, 0.29) is 11.9 Å². The van der Waals surface area contributed by atoms with E-state index in [1.54, 1.807) is 0 Å². The Hall–Kier alpha value is -0.610. The maximum absolute atomic E-state index is 10.8. The van der Waals surface area contributed by atoms with Crippen molar-refractivity contribution in [3.8, 4) is 0 Å². The molecule has 0 aliphatic carbocycles. The van der Waals surface area contributed by atoms with Gasteiger partial charge in [0.25, 0.3) is 5.91 Å². The number of nitrogens with one attached hydrogen (secondary N) is 1. The van der Waals surface area contributed by atoms with E-state index in [4.69, 9.17) is 5.84 Å². The molecule has 0 aliphatic rings. The highest BCUT2D eigenvalue weighted by molar-refractivity contribution is 5.80. The van der Waals surface area contributed by atoms with E-state index in [0.29, 0.717) is 0 Å². The van der Waals surface area contributed by atoms with E-state index < -0.39 is 0 Å². The van der Waals surface area contributed by atoms with E-state index in [1.807, 2.05) is 25.8 Å². The lowest BCUT2D eigenvalue weighted by Gasteiger charge is -2.20. The summed E-state index contributed by atoms with van der Waals surface area (Å²) in [5.74, 6) is 4.79. The summed E-state index contributed by atoms with van der Waals surface area (Å²) in [5, 5.41) is 0. The fourth-order valence-electron chi connectivity index (χ4n) is 0.595. The second kappa shape index (κ2) is 4.24. The Bertz CT molecular complexity index is 116. The first kappa shape index (κ1) is 9.39. The molecule has 0 aliphatic heterocycles. The molecule has 0 saturated carbocycles. The lowest BCUT2D eigenvalue weighted by molar-refractivity contribution is -0.125. The topological polar surface area (TPSA) is 58.4 Å². The molecule has 0 radical (unpaired) electrons. The molecule has 3 N–H and O–H groups in total. The van der Waals surface area contributed by atoms with Crippen LogP contribution in [-0.4, -0.2) is 30.4 Å². The van der Waals surface area contributed by atoms with Gasteiger partial charge in [0.2, 0.25) is 0 Å². The molecule has 0 bridgehead atoms. The molecule has 0 fully saturated rings. The Morgan fingerprint density at radius 1 is 1.80 bits per heavy atom. The van der Waals surface area contributed by atoms with Crippen molar-refractivity contribution in [2.45, 2.75) is 19.9 Å². The van der Waals surface area contributed by atoms with E-state index in [0.717, 1.165) is 6.54 Å². The van der Waals surface area contributed by atoms with Gasteiger partial charge < -0.3 is 0 Å². The minimum absolute atomic E-state index is 0.144. The summed E-state index contributed by atoms with van der Waals surface area (Å²) in [4.78, 5) is 12.7. The molecule has 0 aromatic rings. The molecule has 1 amide bonds. The van der Waals surface area contributed by atoms with Crippen LogP contribution in [-0.2, 0) is 4.79 Å². The Labute approximate surface area is 61.3 Å². The molecule has 4 heteroatoms. The van der Waals surface area contributed by atoms with Gasteiger partial charge in [-0.15, -0.1) is 0 Å². The monoisotopic (exact) mass is 145 g/mol. The molecule has 60 valence electrons. The van der Waals surface area contributed by atoms with Gasteiger partial charge in [-0.3, -0.25) is 15.1 Å². The second-order valence-corrected chi connectivity index (χ2v) is 2.26. The van der Waals surface area contributed by atoms with Gasteiger partial charge in [0.05, 0.1) is 6.04 Å². The molecule has 1 atom stereocenters. The highest BCUT2D eigenvalue weighted by Gasteiger charge is 2.14. The zero-order chi connectivity index (χ0) is 8.15. The molecule has 4 nitrogen and oxygen atoms in total. The predicted molar refractivity (Wildman–Crippen MR) is 40.1 cm³/mol. The van der Waals surface area contributed by atoms with Gasteiger partial charge in [-0.05, 0) is 20.5 Å². The molecule has 0 rings (SSSR count). The van der Waals surface area contributed by atoms with E-state index in [9.17, 15) is 4.79 Å². The minimum atomic E-state index is -0.149. The maximum Gasteiger partial charge on any atom is 0.250 e. The average molecular weight is 145 g/mol. The minimum Gasteiger partial charge on any atom is -0.296 e. The van der Waals surface area contributed by atoms with Crippen molar-refractivity contribution in [2.24, 2.45) is 5.84 Å². The second-order valence-electron chi connectivity index (χ2n) is 2.26. The first-order chi connectivity index (χ1) is 4.63. The van der Waals surface area contributed by atoms with E-state index in [1.165, 1.54) is 0 Å². The fourth-order valence-corrected chi connectivity index (χ4v) is 0.595. The number of carbonyl (C=O) groups excluding carboxylic acids is 1. The Morgan fingerprint density at radius 3 is 2.60 bits per heavy atom. The van der Waals surface area contributed by atoms with Crippen LogP contribution in [0.5, 0.6) is 0 Å². The highest BCUT2D eigenvalue weighted by atomic mass is 16.2. The average Bonchev–Trinajstić information content (AvgIpc) is 2.00. The number of hydrazine groups is 1. The first-order valence-corrected chi connectivity index (χ1v) is 3.34. The molecule has 0 aromatic carbocycles. The lowest BCUT2D eigenvalue weighted by Crippen LogP contribution is -2.45. The number of amides is 1. The third kappa shape index (κ3) is 2.33. The Morgan fingerprint density at radius 2 is 2.30 bits per heavy atom. The number of likely N-dealkylation sites (N-methyl/N-ethyl adjacent to an activating group) is 1. The first-order valence-electron chi connectivity index (χ1n) is 3.34. The number of rotatable bonds is 3. The van der Waals surface area contributed by atoms with Crippen LogP contribution in [0.2, 0.25) is 0 Å². The van der Waals surface area contributed by atoms with Crippen molar-refractivity contribution in [1.82, 2.24) is 10.3 Å². The number of carbonyl (C=O) groups is 1. The molecule has 0 heterocycles. The Balaban J connectivity index is 3.81. The van der Waals surface area contributed by atoms with Gasteiger partial charge >= 0.3 is 0 Å². The SMILES string of the molecule is CCN(C)C(C)C(=O)NN. The number of hydrogen-bond acceptors (Lipinski definition) is 3. The van der Waals surface area contributed by atoms with E-state index in [2.05, 4.69) is 5.43 Å². The summed E-state index contributed by atoms with van der Waals surface area (Å²) >= 11 is 0. The van der Waals surface area contributed by atoms with Crippen molar-refractivity contribution < 1.29 is 4.79 Å². The smallest absolute Gasteiger partial charge is 0.250 e. The highest BCUT2D eigenvalue weighted by Crippen LogP contribution is 1.92. The molecular formula is C6H15N3O. The predicted octanol–water partition coefficient (Wildman–Crippen LogP) is -0.683. The summed E-state index contributed by atoms with van der Waals surface area (Å²) in [5.41, 5.74) is 2.10. The van der Waals surface area contributed by atoms with Crippen LogP contribution in [0, 0.1) is 0 Å². The molecular weight excluding hydrogens is 130 g/mol. The standard InChI is InChI=1S/C6H15N3O/c1-4-9(3)5(2)6(10)8-7/h5H,4,7H2,1-3H3,(H,8,10). The van der Waals surface area contributed by atoms with Crippen molar-refractivity contribution in [2.75, 3.05) is 13.6 Å². The third-order valence-corrected chi connectivity index (χ3v) is 1.68. The zero-order valence-electron chi connectivity index (χ0n) is 6.72. The van der Waals surface area contributed by atoms with Crippen LogP contribution in [0.1, 0.15) is 13.8 Å². The van der Waals surface area contributed by atoms with Crippen molar-refractivity contribution in [3.05, 3.63) is 0 Å². The van der Waals surface area contributed by atoms with Crippen LogP contribution in [0.4, 0.5) is 0 Å². The van der Waals surface area contributed by atoms with Gasteiger partial charge in [0, 0.05) is 0 Å². The summed E-state index contributed by atoms with van der Waals surface area (Å²) in [6.07, 6.45) is 0.